The van der Waals surface area contributed by atoms with E-state index in [1.807, 2.05) is 18.2 Å². The van der Waals surface area contributed by atoms with Crippen molar-refractivity contribution < 1.29 is 29.9 Å². The lowest BCUT2D eigenvalue weighted by Gasteiger charge is -2.40. The van der Waals surface area contributed by atoms with Gasteiger partial charge in [0.2, 0.25) is 0 Å². The molecule has 0 bridgehead atoms. The van der Waals surface area contributed by atoms with Gasteiger partial charge in [0.1, 0.15) is 36.3 Å². The normalized spacial score (nSPS) is 35.4. The van der Waals surface area contributed by atoms with Crippen molar-refractivity contribution in [2.24, 2.45) is 11.8 Å². The molecule has 0 radical (unpaired) electrons. The molecule has 6 heteroatoms. The van der Waals surface area contributed by atoms with Crippen LogP contribution in [0.5, 0.6) is 5.75 Å². The SMILES string of the molecule is CCCC1CCC(Cc2cc([C@@H]3O[C@H](CO)[C@@H](O)[C@H](O)[C@H]3O)ccc2OC)CC1. The molecule has 5 atom stereocenters. The Balaban J connectivity index is 1.75. The Labute approximate surface area is 173 Å². The first-order valence-corrected chi connectivity index (χ1v) is 11.0. The fourth-order valence-electron chi connectivity index (χ4n) is 4.96. The average Bonchev–Trinajstić information content (AvgIpc) is 2.74. The molecule has 6 nitrogen and oxygen atoms in total. The minimum absolute atomic E-state index is 0.425. The zero-order valence-electron chi connectivity index (χ0n) is 17.5. The molecule has 1 aliphatic heterocycles. The van der Waals surface area contributed by atoms with Crippen LogP contribution in [0.2, 0.25) is 0 Å². The molecule has 0 spiro atoms. The Kier molecular flexibility index (Phi) is 7.93. The van der Waals surface area contributed by atoms with Crippen molar-refractivity contribution in [3.05, 3.63) is 29.3 Å². The third kappa shape index (κ3) is 5.12. The number of aliphatic hydroxyl groups excluding tert-OH is 4. The number of ether oxygens (including phenoxy) is 2. The summed E-state index contributed by atoms with van der Waals surface area (Å²) in [5.74, 6) is 2.29. The summed E-state index contributed by atoms with van der Waals surface area (Å²) >= 11 is 0. The van der Waals surface area contributed by atoms with Gasteiger partial charge in [-0.1, -0.05) is 38.7 Å². The van der Waals surface area contributed by atoms with Crippen LogP contribution >= 0.6 is 0 Å². The second-order valence-corrected chi connectivity index (χ2v) is 8.70. The van der Waals surface area contributed by atoms with Crippen LogP contribution in [0, 0.1) is 11.8 Å². The number of benzene rings is 1. The first-order valence-electron chi connectivity index (χ1n) is 11.0. The van der Waals surface area contributed by atoms with Crippen LogP contribution < -0.4 is 4.74 Å². The number of rotatable bonds is 7. The fourth-order valence-corrected chi connectivity index (χ4v) is 4.96. The molecular weight excluding hydrogens is 372 g/mol. The minimum Gasteiger partial charge on any atom is -0.496 e. The van der Waals surface area contributed by atoms with Crippen LogP contribution in [0.3, 0.4) is 0 Å². The van der Waals surface area contributed by atoms with Gasteiger partial charge in [-0.15, -0.1) is 0 Å². The van der Waals surface area contributed by atoms with E-state index >= 15 is 0 Å². The van der Waals surface area contributed by atoms with E-state index in [1.165, 1.54) is 38.5 Å². The van der Waals surface area contributed by atoms with Gasteiger partial charge in [-0.3, -0.25) is 0 Å². The lowest BCUT2D eigenvalue weighted by molar-refractivity contribution is -0.231. The van der Waals surface area contributed by atoms with Gasteiger partial charge in [0.05, 0.1) is 13.7 Å². The van der Waals surface area contributed by atoms with E-state index in [1.54, 1.807) is 7.11 Å². The van der Waals surface area contributed by atoms with Gasteiger partial charge < -0.3 is 29.9 Å². The molecule has 1 saturated heterocycles. The summed E-state index contributed by atoms with van der Waals surface area (Å²) in [5, 5.41) is 40.0. The second kappa shape index (κ2) is 10.2. The Morgan fingerprint density at radius 2 is 1.69 bits per heavy atom. The lowest BCUT2D eigenvalue weighted by Crippen LogP contribution is -2.55. The monoisotopic (exact) mass is 408 g/mol. The highest BCUT2D eigenvalue weighted by Crippen LogP contribution is 2.38. The van der Waals surface area contributed by atoms with Crippen molar-refractivity contribution in [3.63, 3.8) is 0 Å². The summed E-state index contributed by atoms with van der Waals surface area (Å²) < 4.78 is 11.3. The molecule has 164 valence electrons. The van der Waals surface area contributed by atoms with E-state index in [0.29, 0.717) is 5.92 Å². The van der Waals surface area contributed by atoms with E-state index < -0.39 is 37.1 Å². The average molecular weight is 409 g/mol. The quantitative estimate of drug-likeness (QED) is 0.553. The predicted octanol–water partition coefficient (Wildman–Crippen LogP) is 2.36. The number of methoxy groups -OCH3 is 1. The van der Waals surface area contributed by atoms with Crippen molar-refractivity contribution >= 4 is 0 Å². The Morgan fingerprint density at radius 3 is 2.31 bits per heavy atom. The Bertz CT molecular complexity index is 640. The highest BCUT2D eigenvalue weighted by atomic mass is 16.5. The van der Waals surface area contributed by atoms with Gasteiger partial charge in [-0.25, -0.2) is 0 Å². The maximum atomic E-state index is 10.4. The van der Waals surface area contributed by atoms with Crippen LogP contribution in [-0.2, 0) is 11.2 Å². The zero-order valence-corrected chi connectivity index (χ0v) is 17.5. The third-order valence-electron chi connectivity index (χ3n) is 6.70. The molecule has 1 aromatic carbocycles. The van der Waals surface area contributed by atoms with Crippen molar-refractivity contribution in [1.29, 1.82) is 0 Å². The Morgan fingerprint density at radius 1 is 1.00 bits per heavy atom. The maximum Gasteiger partial charge on any atom is 0.122 e. The van der Waals surface area contributed by atoms with Crippen LogP contribution in [-0.4, -0.2) is 58.6 Å². The highest BCUT2D eigenvalue weighted by molar-refractivity contribution is 5.39. The zero-order chi connectivity index (χ0) is 21.0. The van der Waals surface area contributed by atoms with Crippen molar-refractivity contribution in [3.8, 4) is 5.75 Å². The topological polar surface area (TPSA) is 99.4 Å². The summed E-state index contributed by atoms with van der Waals surface area (Å²) in [5.41, 5.74) is 1.79. The summed E-state index contributed by atoms with van der Waals surface area (Å²) in [6.45, 7) is 1.83. The van der Waals surface area contributed by atoms with Gasteiger partial charge >= 0.3 is 0 Å². The lowest BCUT2D eigenvalue weighted by atomic mass is 9.77. The van der Waals surface area contributed by atoms with E-state index in [-0.39, 0.29) is 0 Å². The van der Waals surface area contributed by atoms with Gasteiger partial charge in [0.25, 0.3) is 0 Å². The van der Waals surface area contributed by atoms with Crippen LogP contribution in [0.15, 0.2) is 18.2 Å². The minimum atomic E-state index is -1.37. The molecule has 2 fully saturated rings. The van der Waals surface area contributed by atoms with Crippen molar-refractivity contribution in [1.82, 2.24) is 0 Å². The van der Waals surface area contributed by atoms with Crippen LogP contribution in [0.4, 0.5) is 0 Å². The van der Waals surface area contributed by atoms with Gasteiger partial charge in [0, 0.05) is 0 Å². The van der Waals surface area contributed by atoms with Gasteiger partial charge in [-0.05, 0) is 54.4 Å². The van der Waals surface area contributed by atoms with E-state index in [0.717, 1.165) is 29.2 Å². The number of hydrogen-bond donors (Lipinski definition) is 4. The molecule has 0 amide bonds. The van der Waals surface area contributed by atoms with Crippen molar-refractivity contribution in [2.75, 3.05) is 13.7 Å². The number of hydrogen-bond acceptors (Lipinski definition) is 6. The Hall–Kier alpha value is -1.18. The predicted molar refractivity (Wildman–Crippen MR) is 110 cm³/mol. The summed E-state index contributed by atoms with van der Waals surface area (Å²) in [4.78, 5) is 0. The first-order chi connectivity index (χ1) is 14.0. The molecule has 1 heterocycles. The highest BCUT2D eigenvalue weighted by Gasteiger charge is 2.44. The van der Waals surface area contributed by atoms with Crippen molar-refractivity contribution in [2.45, 2.75) is 82.4 Å². The molecule has 29 heavy (non-hydrogen) atoms. The fraction of sp³-hybridized carbons (Fsp3) is 0.739. The summed E-state index contributed by atoms with van der Waals surface area (Å²) in [6.07, 6.45) is 2.80. The second-order valence-electron chi connectivity index (χ2n) is 8.70. The third-order valence-corrected chi connectivity index (χ3v) is 6.70. The molecule has 1 aromatic rings. The molecule has 3 rings (SSSR count). The standard InChI is InChI=1S/C23H36O6/c1-3-4-14-5-7-15(8-6-14)11-17-12-16(9-10-18(17)28-2)23-22(27)21(26)20(25)19(13-24)29-23/h9-10,12,14-15,19-27H,3-8,11,13H2,1-2H3/t14?,15?,19-,20-,21+,22-,23+/m1/s1. The van der Waals surface area contributed by atoms with Crippen LogP contribution in [0.25, 0.3) is 0 Å². The molecule has 1 aliphatic carbocycles. The molecule has 1 saturated carbocycles. The van der Waals surface area contributed by atoms with Gasteiger partial charge in [-0.2, -0.15) is 0 Å². The van der Waals surface area contributed by atoms with Gasteiger partial charge in [0.15, 0.2) is 0 Å². The number of aliphatic hydroxyl groups is 4. The largest absolute Gasteiger partial charge is 0.496 e. The molecule has 0 aromatic heterocycles. The maximum absolute atomic E-state index is 10.4. The summed E-state index contributed by atoms with van der Waals surface area (Å²) in [7, 11) is 1.66. The molecular formula is C23H36O6. The van der Waals surface area contributed by atoms with Crippen LogP contribution in [0.1, 0.15) is 62.7 Å². The molecule has 2 aliphatic rings. The van der Waals surface area contributed by atoms with E-state index in [9.17, 15) is 20.4 Å². The molecule has 4 N–H and O–H groups in total. The smallest absolute Gasteiger partial charge is 0.122 e. The molecule has 0 unspecified atom stereocenters. The summed E-state index contributed by atoms with van der Waals surface area (Å²) in [6, 6.07) is 5.66. The first kappa shape index (κ1) is 22.5. The van der Waals surface area contributed by atoms with E-state index in [4.69, 9.17) is 9.47 Å². The van der Waals surface area contributed by atoms with E-state index in [2.05, 4.69) is 6.92 Å².